The number of nitrogens with zero attached hydrogens (tertiary/aromatic N) is 3. The highest BCUT2D eigenvalue weighted by Gasteiger charge is 2.18. The first kappa shape index (κ1) is 20.5. The highest BCUT2D eigenvalue weighted by molar-refractivity contribution is 8.00. The van der Waals surface area contributed by atoms with Gasteiger partial charge in [0.25, 0.3) is 5.56 Å². The van der Waals surface area contributed by atoms with Crippen LogP contribution in [0.4, 0.5) is 5.69 Å². The number of nitrogens with one attached hydrogen (secondary N) is 2. The van der Waals surface area contributed by atoms with Gasteiger partial charge in [-0.05, 0) is 50.2 Å². The van der Waals surface area contributed by atoms with Gasteiger partial charge >= 0.3 is 0 Å². The van der Waals surface area contributed by atoms with Crippen LogP contribution in [0.25, 0.3) is 16.7 Å². The van der Waals surface area contributed by atoms with Crippen molar-refractivity contribution < 1.29 is 9.59 Å². The number of carbonyl (C=O) groups excluding carboxylic acids is 2. The molecule has 8 nitrogen and oxygen atoms in total. The average Bonchev–Trinajstić information content (AvgIpc) is 3.19. The first-order valence-electron chi connectivity index (χ1n) is 9.54. The van der Waals surface area contributed by atoms with Gasteiger partial charge in [0, 0.05) is 11.3 Å². The van der Waals surface area contributed by atoms with Crippen molar-refractivity contribution in [1.29, 1.82) is 0 Å². The molecule has 0 bridgehead atoms. The van der Waals surface area contributed by atoms with Crippen LogP contribution in [0.1, 0.15) is 24.2 Å². The molecule has 1 amide bonds. The molecule has 31 heavy (non-hydrogen) atoms. The lowest BCUT2D eigenvalue weighted by molar-refractivity contribution is -0.115. The summed E-state index contributed by atoms with van der Waals surface area (Å²) in [5.74, 6) is -0.290. The molecule has 0 saturated heterocycles. The third-order valence-corrected chi connectivity index (χ3v) is 5.62. The predicted molar refractivity (Wildman–Crippen MR) is 120 cm³/mol. The van der Waals surface area contributed by atoms with Crippen LogP contribution in [0.2, 0.25) is 0 Å². The van der Waals surface area contributed by atoms with Crippen LogP contribution in [-0.4, -0.2) is 36.7 Å². The minimum atomic E-state index is -0.527. The number of ketones is 1. The summed E-state index contributed by atoms with van der Waals surface area (Å²) < 4.78 is 1.59. The Labute approximate surface area is 181 Å². The molecule has 2 aromatic heterocycles. The maximum atomic E-state index is 12.6. The Morgan fingerprint density at radius 3 is 2.48 bits per heavy atom. The lowest BCUT2D eigenvalue weighted by Gasteiger charge is -2.12. The average molecular weight is 433 g/mol. The van der Waals surface area contributed by atoms with E-state index in [9.17, 15) is 14.4 Å². The van der Waals surface area contributed by atoms with E-state index in [1.807, 2.05) is 30.3 Å². The van der Waals surface area contributed by atoms with E-state index in [0.29, 0.717) is 27.4 Å². The molecule has 1 unspecified atom stereocenters. The molecule has 0 aliphatic carbocycles. The maximum Gasteiger partial charge on any atom is 0.262 e. The third-order valence-electron chi connectivity index (χ3n) is 4.63. The number of H-pyrrole nitrogens is 1. The van der Waals surface area contributed by atoms with E-state index in [1.165, 1.54) is 13.1 Å². The quantitative estimate of drug-likeness (QED) is 0.274. The monoisotopic (exact) mass is 433 g/mol. The fraction of sp³-hybridized carbons (Fsp3) is 0.136. The molecule has 156 valence electrons. The van der Waals surface area contributed by atoms with Gasteiger partial charge in [-0.1, -0.05) is 30.0 Å². The summed E-state index contributed by atoms with van der Waals surface area (Å²) in [7, 11) is 0. The summed E-state index contributed by atoms with van der Waals surface area (Å²) in [5.41, 5.74) is 2.05. The lowest BCUT2D eigenvalue weighted by Crippen LogP contribution is -2.23. The zero-order valence-electron chi connectivity index (χ0n) is 16.8. The summed E-state index contributed by atoms with van der Waals surface area (Å²) in [6.07, 6.45) is 1.48. The number of rotatable bonds is 6. The van der Waals surface area contributed by atoms with Crippen molar-refractivity contribution in [1.82, 2.24) is 19.7 Å². The van der Waals surface area contributed by atoms with Crippen LogP contribution in [0, 0.1) is 0 Å². The van der Waals surface area contributed by atoms with Gasteiger partial charge in [-0.2, -0.15) is 5.10 Å². The molecule has 0 aliphatic heterocycles. The molecule has 2 aromatic carbocycles. The standard InChI is InChI=1S/C22H19N5O3S/c1-13(28)15-8-10-16(11-9-15)24-20(29)14(2)31-22-25-19-18(21(30)26-22)12-23-27(19)17-6-4-3-5-7-17/h3-12,14H,1-2H3,(H,24,29)(H,25,26,30). The second-order valence-corrected chi connectivity index (χ2v) is 8.21. The molecule has 0 aliphatic rings. The highest BCUT2D eigenvalue weighted by atomic mass is 32.2. The lowest BCUT2D eigenvalue weighted by atomic mass is 10.1. The van der Waals surface area contributed by atoms with Crippen LogP contribution in [0.3, 0.4) is 0 Å². The Bertz CT molecular complexity index is 1310. The molecule has 4 rings (SSSR count). The normalized spacial score (nSPS) is 11.9. The summed E-state index contributed by atoms with van der Waals surface area (Å²) in [4.78, 5) is 43.7. The van der Waals surface area contributed by atoms with Crippen molar-refractivity contribution in [2.75, 3.05) is 5.32 Å². The van der Waals surface area contributed by atoms with Crippen LogP contribution in [0.5, 0.6) is 0 Å². The molecule has 4 aromatic rings. The SMILES string of the molecule is CC(=O)c1ccc(NC(=O)C(C)Sc2nc3c(cnn3-c3ccccc3)c(=O)[nH]2)cc1. The van der Waals surface area contributed by atoms with E-state index < -0.39 is 5.25 Å². The van der Waals surface area contributed by atoms with Gasteiger partial charge in [-0.15, -0.1) is 0 Å². The van der Waals surface area contributed by atoms with Crippen molar-refractivity contribution in [3.63, 3.8) is 0 Å². The van der Waals surface area contributed by atoms with Gasteiger partial charge in [0.15, 0.2) is 16.6 Å². The second kappa shape index (κ2) is 8.57. The number of anilines is 1. The molecule has 9 heteroatoms. The number of hydrogen-bond donors (Lipinski definition) is 2. The number of thioether (sulfide) groups is 1. The van der Waals surface area contributed by atoms with E-state index in [1.54, 1.807) is 35.9 Å². The van der Waals surface area contributed by atoms with Gasteiger partial charge in [-0.3, -0.25) is 14.4 Å². The van der Waals surface area contributed by atoms with Gasteiger partial charge in [0.2, 0.25) is 5.91 Å². The molecule has 2 heterocycles. The summed E-state index contributed by atoms with van der Waals surface area (Å²) >= 11 is 1.14. The number of benzene rings is 2. The van der Waals surface area contributed by atoms with Gasteiger partial charge < -0.3 is 10.3 Å². The van der Waals surface area contributed by atoms with Crippen LogP contribution < -0.4 is 10.9 Å². The highest BCUT2D eigenvalue weighted by Crippen LogP contribution is 2.22. The van der Waals surface area contributed by atoms with Gasteiger partial charge in [-0.25, -0.2) is 9.67 Å². The number of fused-ring (bicyclic) bond motifs is 1. The molecule has 0 fully saturated rings. The number of amides is 1. The summed E-state index contributed by atoms with van der Waals surface area (Å²) in [6.45, 7) is 3.21. The smallest absolute Gasteiger partial charge is 0.262 e. The molecule has 2 N–H and O–H groups in total. The summed E-state index contributed by atoms with van der Waals surface area (Å²) in [5, 5.41) is 7.25. The molecule has 0 radical (unpaired) electrons. The number of Topliss-reactive ketones (excluding diaryl/α,β-unsaturated/α-hetero) is 1. The molecular weight excluding hydrogens is 414 g/mol. The Hall–Kier alpha value is -3.72. The largest absolute Gasteiger partial charge is 0.325 e. The Kier molecular flexibility index (Phi) is 5.68. The first-order chi connectivity index (χ1) is 14.9. The van der Waals surface area contributed by atoms with Crippen molar-refractivity contribution in [2.45, 2.75) is 24.3 Å². The van der Waals surface area contributed by atoms with E-state index in [0.717, 1.165) is 17.4 Å². The minimum absolute atomic E-state index is 0.0398. The third kappa shape index (κ3) is 4.41. The van der Waals surface area contributed by atoms with E-state index in [-0.39, 0.29) is 17.2 Å². The van der Waals surface area contributed by atoms with Crippen LogP contribution in [-0.2, 0) is 4.79 Å². The zero-order chi connectivity index (χ0) is 22.0. The van der Waals surface area contributed by atoms with Crippen molar-refractivity contribution in [3.8, 4) is 5.69 Å². The predicted octanol–water partition coefficient (Wildman–Crippen LogP) is 3.43. The zero-order valence-corrected chi connectivity index (χ0v) is 17.6. The Morgan fingerprint density at radius 2 is 1.81 bits per heavy atom. The van der Waals surface area contributed by atoms with E-state index in [4.69, 9.17) is 0 Å². The van der Waals surface area contributed by atoms with Crippen molar-refractivity contribution >= 4 is 40.2 Å². The van der Waals surface area contributed by atoms with E-state index in [2.05, 4.69) is 20.4 Å². The van der Waals surface area contributed by atoms with Crippen molar-refractivity contribution in [2.24, 2.45) is 0 Å². The fourth-order valence-electron chi connectivity index (χ4n) is 2.97. The Balaban J connectivity index is 1.54. The van der Waals surface area contributed by atoms with Gasteiger partial charge in [0.05, 0.1) is 17.1 Å². The summed E-state index contributed by atoms with van der Waals surface area (Å²) in [6, 6.07) is 16.1. The number of para-hydroxylation sites is 1. The van der Waals surface area contributed by atoms with Crippen LogP contribution >= 0.6 is 11.8 Å². The number of hydrogen-bond acceptors (Lipinski definition) is 6. The maximum absolute atomic E-state index is 12.6. The molecule has 0 saturated carbocycles. The fourth-order valence-corrected chi connectivity index (χ4v) is 3.76. The first-order valence-corrected chi connectivity index (χ1v) is 10.4. The number of aromatic nitrogens is 4. The molecular formula is C22H19N5O3S. The molecule has 0 spiro atoms. The second-order valence-electron chi connectivity index (χ2n) is 6.88. The number of aromatic amines is 1. The van der Waals surface area contributed by atoms with Gasteiger partial charge in [0.1, 0.15) is 5.39 Å². The van der Waals surface area contributed by atoms with Crippen molar-refractivity contribution in [3.05, 3.63) is 76.7 Å². The Morgan fingerprint density at radius 1 is 1.10 bits per heavy atom. The minimum Gasteiger partial charge on any atom is -0.325 e. The number of carbonyl (C=O) groups is 2. The topological polar surface area (TPSA) is 110 Å². The van der Waals surface area contributed by atoms with E-state index >= 15 is 0 Å². The van der Waals surface area contributed by atoms with Crippen LogP contribution in [0.15, 0.2) is 70.7 Å². The molecule has 1 atom stereocenters.